The van der Waals surface area contributed by atoms with E-state index in [0.717, 1.165) is 15.2 Å². The maximum atomic E-state index is 5.60. The highest BCUT2D eigenvalue weighted by atomic mass is 79.9. The molecule has 0 radical (unpaired) electrons. The van der Waals surface area contributed by atoms with Crippen LogP contribution in [0.25, 0.3) is 0 Å². The van der Waals surface area contributed by atoms with Gasteiger partial charge in [0.15, 0.2) is 0 Å². The van der Waals surface area contributed by atoms with Gasteiger partial charge >= 0.3 is 0 Å². The molecule has 2 aromatic rings. The van der Waals surface area contributed by atoms with Crippen molar-refractivity contribution in [2.75, 3.05) is 0 Å². The summed E-state index contributed by atoms with van der Waals surface area (Å²) in [4.78, 5) is 5.45. The van der Waals surface area contributed by atoms with Crippen LogP contribution < -0.4 is 4.74 Å². The molecule has 0 bridgehead atoms. The molecule has 2 nitrogen and oxygen atoms in total. The first-order valence-corrected chi connectivity index (χ1v) is 6.14. The van der Waals surface area contributed by atoms with Crippen molar-refractivity contribution in [3.63, 3.8) is 0 Å². The largest absolute Gasteiger partial charge is 0.486 e. The van der Waals surface area contributed by atoms with Crippen molar-refractivity contribution in [2.24, 2.45) is 0 Å². The van der Waals surface area contributed by atoms with E-state index < -0.39 is 0 Å². The molecule has 0 aliphatic rings. The Morgan fingerprint density at radius 1 is 1.47 bits per heavy atom. The predicted molar refractivity (Wildman–Crippen MR) is 65.3 cm³/mol. The zero-order valence-electron chi connectivity index (χ0n) is 8.24. The average Bonchev–Trinajstić information content (AvgIpc) is 2.62. The molecule has 1 aromatic heterocycles. The minimum absolute atomic E-state index is 0.537. The van der Waals surface area contributed by atoms with Gasteiger partial charge in [0.1, 0.15) is 17.4 Å². The molecule has 0 aliphatic carbocycles. The van der Waals surface area contributed by atoms with Gasteiger partial charge in [0.05, 0.1) is 0 Å². The number of rotatable bonds is 3. The van der Waals surface area contributed by atoms with Crippen LogP contribution in [0.1, 0.15) is 9.88 Å². The Morgan fingerprint density at radius 3 is 3.00 bits per heavy atom. The van der Waals surface area contributed by atoms with Crippen molar-refractivity contribution in [3.8, 4) is 5.75 Å². The van der Waals surface area contributed by atoms with E-state index in [0.29, 0.717) is 6.61 Å². The van der Waals surface area contributed by atoms with Crippen LogP contribution >= 0.6 is 27.3 Å². The molecule has 15 heavy (non-hydrogen) atoms. The zero-order valence-corrected chi connectivity index (χ0v) is 10.6. The highest BCUT2D eigenvalue weighted by Gasteiger charge is 2.00. The van der Waals surface area contributed by atoms with Crippen molar-refractivity contribution >= 4 is 27.3 Å². The first kappa shape index (κ1) is 10.6. The summed E-state index contributed by atoms with van der Waals surface area (Å²) in [7, 11) is 0. The molecular weight excluding hydrogens is 274 g/mol. The normalized spacial score (nSPS) is 10.3. The maximum absolute atomic E-state index is 5.60. The zero-order chi connectivity index (χ0) is 10.7. The lowest BCUT2D eigenvalue weighted by atomic mass is 10.3. The lowest BCUT2D eigenvalue weighted by molar-refractivity contribution is 0.305. The Labute approximate surface area is 101 Å². The standard InChI is InChI=1S/C11H10BrNOS/c1-8-6-13-11(15-8)7-14-10-4-2-3-9(12)5-10/h2-6H,7H2,1H3. The van der Waals surface area contributed by atoms with Crippen LogP contribution in [0.4, 0.5) is 0 Å². The molecule has 0 saturated heterocycles. The van der Waals surface area contributed by atoms with Gasteiger partial charge in [0, 0.05) is 15.5 Å². The third-order valence-corrected chi connectivity index (χ3v) is 3.21. The highest BCUT2D eigenvalue weighted by molar-refractivity contribution is 9.10. The van der Waals surface area contributed by atoms with Gasteiger partial charge in [-0.1, -0.05) is 22.0 Å². The van der Waals surface area contributed by atoms with Crippen LogP contribution in [-0.4, -0.2) is 4.98 Å². The smallest absolute Gasteiger partial charge is 0.140 e. The van der Waals surface area contributed by atoms with Gasteiger partial charge in [-0.2, -0.15) is 0 Å². The van der Waals surface area contributed by atoms with Crippen molar-refractivity contribution in [1.29, 1.82) is 0 Å². The Bertz CT molecular complexity index is 455. The van der Waals surface area contributed by atoms with Crippen molar-refractivity contribution in [2.45, 2.75) is 13.5 Å². The second-order valence-corrected chi connectivity index (χ2v) is 5.35. The molecule has 0 saturated carbocycles. The van der Waals surface area contributed by atoms with Crippen molar-refractivity contribution in [1.82, 2.24) is 4.98 Å². The molecule has 0 atom stereocenters. The Balaban J connectivity index is 1.99. The van der Waals surface area contributed by atoms with Crippen molar-refractivity contribution < 1.29 is 4.74 Å². The molecule has 78 valence electrons. The molecule has 0 N–H and O–H groups in total. The summed E-state index contributed by atoms with van der Waals surface area (Å²) in [6.45, 7) is 2.58. The average molecular weight is 284 g/mol. The SMILES string of the molecule is Cc1cnc(COc2cccc(Br)c2)s1. The van der Waals surface area contributed by atoms with Gasteiger partial charge in [0.25, 0.3) is 0 Å². The van der Waals surface area contributed by atoms with Crippen LogP contribution in [0.5, 0.6) is 5.75 Å². The summed E-state index contributed by atoms with van der Waals surface area (Å²) >= 11 is 5.06. The number of benzene rings is 1. The number of nitrogens with zero attached hydrogens (tertiary/aromatic N) is 1. The van der Waals surface area contributed by atoms with Crippen LogP contribution in [-0.2, 0) is 6.61 Å². The van der Waals surface area contributed by atoms with E-state index in [1.54, 1.807) is 11.3 Å². The molecule has 0 spiro atoms. The van der Waals surface area contributed by atoms with E-state index in [1.165, 1.54) is 4.88 Å². The van der Waals surface area contributed by atoms with Gasteiger partial charge in [-0.15, -0.1) is 11.3 Å². The van der Waals surface area contributed by atoms with Crippen LogP contribution in [0.15, 0.2) is 34.9 Å². The van der Waals surface area contributed by atoms with Crippen LogP contribution in [0.2, 0.25) is 0 Å². The van der Waals surface area contributed by atoms with E-state index >= 15 is 0 Å². The monoisotopic (exact) mass is 283 g/mol. The third kappa shape index (κ3) is 3.04. The first-order chi connectivity index (χ1) is 7.24. The molecule has 0 unspecified atom stereocenters. The summed E-state index contributed by atoms with van der Waals surface area (Å²) in [5.74, 6) is 0.859. The first-order valence-electron chi connectivity index (χ1n) is 4.54. The fourth-order valence-corrected chi connectivity index (χ4v) is 2.25. The second-order valence-electron chi connectivity index (χ2n) is 3.11. The number of aryl methyl sites for hydroxylation is 1. The number of halogens is 1. The van der Waals surface area contributed by atoms with E-state index in [1.807, 2.05) is 37.4 Å². The number of thiazole rings is 1. The summed E-state index contributed by atoms with van der Waals surface area (Å²) in [5, 5.41) is 1.01. The van der Waals surface area contributed by atoms with Gasteiger partial charge in [0.2, 0.25) is 0 Å². The van der Waals surface area contributed by atoms with Gasteiger partial charge in [-0.3, -0.25) is 0 Å². The van der Waals surface area contributed by atoms with Gasteiger partial charge < -0.3 is 4.74 Å². The summed E-state index contributed by atoms with van der Waals surface area (Å²) < 4.78 is 6.63. The Morgan fingerprint density at radius 2 is 2.33 bits per heavy atom. The van der Waals surface area contributed by atoms with E-state index in [2.05, 4.69) is 20.9 Å². The Kier molecular flexibility index (Phi) is 3.38. The number of aromatic nitrogens is 1. The minimum Gasteiger partial charge on any atom is -0.486 e. The third-order valence-electron chi connectivity index (χ3n) is 1.83. The molecule has 0 fully saturated rings. The second kappa shape index (κ2) is 4.77. The summed E-state index contributed by atoms with van der Waals surface area (Å²) in [6.07, 6.45) is 1.87. The lowest BCUT2D eigenvalue weighted by Gasteiger charge is -2.03. The Hall–Kier alpha value is -0.870. The molecule has 4 heteroatoms. The maximum Gasteiger partial charge on any atom is 0.140 e. The number of hydrogen-bond acceptors (Lipinski definition) is 3. The minimum atomic E-state index is 0.537. The van der Waals surface area contributed by atoms with Gasteiger partial charge in [-0.25, -0.2) is 4.98 Å². The van der Waals surface area contributed by atoms with E-state index in [9.17, 15) is 0 Å². The predicted octanol–water partition coefficient (Wildman–Crippen LogP) is 3.79. The molecular formula is C11H10BrNOS. The topological polar surface area (TPSA) is 22.1 Å². The quantitative estimate of drug-likeness (QED) is 0.855. The summed E-state index contributed by atoms with van der Waals surface area (Å²) in [5.41, 5.74) is 0. The van der Waals surface area contributed by atoms with Crippen LogP contribution in [0.3, 0.4) is 0 Å². The van der Waals surface area contributed by atoms with E-state index in [-0.39, 0.29) is 0 Å². The van der Waals surface area contributed by atoms with Crippen LogP contribution in [0, 0.1) is 6.92 Å². The molecule has 0 aliphatic heterocycles. The van der Waals surface area contributed by atoms with Crippen molar-refractivity contribution in [3.05, 3.63) is 44.8 Å². The molecule has 2 rings (SSSR count). The fraction of sp³-hybridized carbons (Fsp3) is 0.182. The number of ether oxygens (including phenoxy) is 1. The lowest BCUT2D eigenvalue weighted by Crippen LogP contribution is -1.93. The molecule has 0 amide bonds. The highest BCUT2D eigenvalue weighted by Crippen LogP contribution is 2.20. The summed E-state index contributed by atoms with van der Waals surface area (Å²) in [6, 6.07) is 7.80. The van der Waals surface area contributed by atoms with E-state index in [4.69, 9.17) is 4.74 Å². The number of hydrogen-bond donors (Lipinski definition) is 0. The molecule has 1 aromatic carbocycles. The molecule has 1 heterocycles. The fourth-order valence-electron chi connectivity index (χ4n) is 1.17. The van der Waals surface area contributed by atoms with Gasteiger partial charge in [-0.05, 0) is 25.1 Å².